The first-order valence-electron chi connectivity index (χ1n) is 8.18. The molecule has 2 aromatic rings. The molecule has 0 saturated heterocycles. The topological polar surface area (TPSA) is 56.7 Å². The number of nitrogens with zero attached hydrogens (tertiary/aromatic N) is 1. The Morgan fingerprint density at radius 3 is 2.50 bits per heavy atom. The molecule has 0 radical (unpaired) electrons. The first-order valence-corrected chi connectivity index (χ1v) is 8.18. The maximum absolute atomic E-state index is 13.6. The molecular formula is C19H24F2IN3O. The molecule has 1 unspecified atom stereocenters. The number of halogens is 3. The normalized spacial score (nSPS) is 12.2. The molecule has 0 aliphatic heterocycles. The number of rotatable bonds is 7. The van der Waals surface area contributed by atoms with E-state index in [1.807, 2.05) is 30.3 Å². The van der Waals surface area contributed by atoms with Gasteiger partial charge in [-0.2, -0.15) is 0 Å². The minimum atomic E-state index is -0.451. The Hall–Kier alpha value is -1.74. The third kappa shape index (κ3) is 6.87. The van der Waals surface area contributed by atoms with Gasteiger partial charge in [-0.05, 0) is 35.7 Å². The molecule has 0 bridgehead atoms. The number of aliphatic hydroxyl groups excluding tert-OH is 1. The SMILES string of the molecule is CN=C(NCCc1cc(F)ccc1F)NCC(CO)c1ccccc1.I. The van der Waals surface area contributed by atoms with Gasteiger partial charge >= 0.3 is 0 Å². The summed E-state index contributed by atoms with van der Waals surface area (Å²) in [4.78, 5) is 4.10. The molecular weight excluding hydrogens is 451 g/mol. The number of aliphatic imine (C=N–C) groups is 1. The van der Waals surface area contributed by atoms with Crippen molar-refractivity contribution in [1.29, 1.82) is 0 Å². The molecule has 0 aliphatic rings. The van der Waals surface area contributed by atoms with Crippen LogP contribution in [0.2, 0.25) is 0 Å². The Balaban J connectivity index is 0.00000338. The maximum atomic E-state index is 13.6. The van der Waals surface area contributed by atoms with Gasteiger partial charge in [-0.15, -0.1) is 24.0 Å². The van der Waals surface area contributed by atoms with Crippen LogP contribution >= 0.6 is 24.0 Å². The summed E-state index contributed by atoms with van der Waals surface area (Å²) in [5.74, 6) is -0.380. The molecule has 2 rings (SSSR count). The molecule has 2 aromatic carbocycles. The second-order valence-electron chi connectivity index (χ2n) is 5.66. The van der Waals surface area contributed by atoms with Crippen LogP contribution in [0.3, 0.4) is 0 Å². The fraction of sp³-hybridized carbons (Fsp3) is 0.316. The molecule has 0 saturated carbocycles. The quantitative estimate of drug-likeness (QED) is 0.328. The summed E-state index contributed by atoms with van der Waals surface area (Å²) in [5.41, 5.74) is 1.36. The van der Waals surface area contributed by atoms with Crippen molar-refractivity contribution in [1.82, 2.24) is 10.6 Å². The standard InChI is InChI=1S/C19H23F2N3O.HI/c1-22-19(23-10-9-15-11-17(20)7-8-18(15)21)24-12-16(13-25)14-5-3-2-4-6-14;/h2-8,11,16,25H,9-10,12-13H2,1H3,(H2,22,23,24);1H. The summed E-state index contributed by atoms with van der Waals surface area (Å²) in [5, 5.41) is 15.8. The van der Waals surface area contributed by atoms with Crippen molar-refractivity contribution in [3.8, 4) is 0 Å². The highest BCUT2D eigenvalue weighted by Crippen LogP contribution is 2.13. The van der Waals surface area contributed by atoms with E-state index in [0.717, 1.165) is 17.7 Å². The summed E-state index contributed by atoms with van der Waals surface area (Å²) < 4.78 is 26.8. The molecule has 0 aliphatic carbocycles. The second-order valence-corrected chi connectivity index (χ2v) is 5.66. The van der Waals surface area contributed by atoms with Crippen LogP contribution in [0.1, 0.15) is 17.0 Å². The first-order chi connectivity index (χ1) is 12.1. The molecule has 26 heavy (non-hydrogen) atoms. The molecule has 0 amide bonds. The van der Waals surface area contributed by atoms with Crippen LogP contribution in [0.15, 0.2) is 53.5 Å². The number of nitrogens with one attached hydrogen (secondary N) is 2. The van der Waals surface area contributed by atoms with Crippen molar-refractivity contribution in [2.75, 3.05) is 26.7 Å². The minimum absolute atomic E-state index is 0. The van der Waals surface area contributed by atoms with E-state index in [1.165, 1.54) is 6.07 Å². The predicted molar refractivity (Wildman–Crippen MR) is 111 cm³/mol. The summed E-state index contributed by atoms with van der Waals surface area (Å²) >= 11 is 0. The summed E-state index contributed by atoms with van der Waals surface area (Å²) in [6.45, 7) is 0.937. The van der Waals surface area contributed by atoms with Gasteiger partial charge in [0.2, 0.25) is 0 Å². The van der Waals surface area contributed by atoms with E-state index in [9.17, 15) is 13.9 Å². The van der Waals surface area contributed by atoms with Gasteiger partial charge in [0.25, 0.3) is 0 Å². The average Bonchev–Trinajstić information content (AvgIpc) is 2.64. The third-order valence-corrected chi connectivity index (χ3v) is 3.93. The van der Waals surface area contributed by atoms with Crippen molar-refractivity contribution >= 4 is 29.9 Å². The largest absolute Gasteiger partial charge is 0.396 e. The molecule has 3 N–H and O–H groups in total. The van der Waals surface area contributed by atoms with Crippen molar-refractivity contribution < 1.29 is 13.9 Å². The van der Waals surface area contributed by atoms with E-state index < -0.39 is 11.6 Å². The number of aliphatic hydroxyl groups is 1. The van der Waals surface area contributed by atoms with Crippen LogP contribution in [0.5, 0.6) is 0 Å². The van der Waals surface area contributed by atoms with Crippen molar-refractivity contribution in [3.05, 3.63) is 71.3 Å². The van der Waals surface area contributed by atoms with Gasteiger partial charge in [0.15, 0.2) is 5.96 Å². The summed E-state index contributed by atoms with van der Waals surface area (Å²) in [7, 11) is 1.63. The van der Waals surface area contributed by atoms with Crippen molar-refractivity contribution in [2.24, 2.45) is 4.99 Å². The summed E-state index contributed by atoms with van der Waals surface area (Å²) in [6, 6.07) is 13.1. The fourth-order valence-electron chi connectivity index (χ4n) is 2.50. The average molecular weight is 475 g/mol. The van der Waals surface area contributed by atoms with Crippen molar-refractivity contribution in [2.45, 2.75) is 12.3 Å². The van der Waals surface area contributed by atoms with Gasteiger partial charge in [0, 0.05) is 26.1 Å². The first kappa shape index (κ1) is 22.3. The fourth-order valence-corrected chi connectivity index (χ4v) is 2.50. The highest BCUT2D eigenvalue weighted by molar-refractivity contribution is 14.0. The van der Waals surface area contributed by atoms with E-state index in [0.29, 0.717) is 31.0 Å². The highest BCUT2D eigenvalue weighted by Gasteiger charge is 2.11. The zero-order valence-electron chi connectivity index (χ0n) is 14.6. The van der Waals surface area contributed by atoms with Gasteiger partial charge in [-0.1, -0.05) is 30.3 Å². The molecule has 142 valence electrons. The lowest BCUT2D eigenvalue weighted by Gasteiger charge is -2.18. The molecule has 4 nitrogen and oxygen atoms in total. The number of benzene rings is 2. The van der Waals surface area contributed by atoms with E-state index in [4.69, 9.17) is 0 Å². The van der Waals surface area contributed by atoms with Crippen LogP contribution in [0.25, 0.3) is 0 Å². The molecule has 0 spiro atoms. The zero-order chi connectivity index (χ0) is 18.1. The lowest BCUT2D eigenvalue weighted by Crippen LogP contribution is -2.40. The second kappa shape index (κ2) is 11.8. The van der Waals surface area contributed by atoms with Crippen LogP contribution in [0.4, 0.5) is 8.78 Å². The van der Waals surface area contributed by atoms with E-state index >= 15 is 0 Å². The Morgan fingerprint density at radius 2 is 1.85 bits per heavy atom. The highest BCUT2D eigenvalue weighted by atomic mass is 127. The zero-order valence-corrected chi connectivity index (χ0v) is 16.9. The van der Waals surface area contributed by atoms with E-state index in [-0.39, 0.29) is 36.5 Å². The Morgan fingerprint density at radius 1 is 1.12 bits per heavy atom. The third-order valence-electron chi connectivity index (χ3n) is 3.93. The Labute approximate surface area is 169 Å². The van der Waals surface area contributed by atoms with Gasteiger partial charge in [0.1, 0.15) is 11.6 Å². The molecule has 7 heteroatoms. The predicted octanol–water partition coefficient (Wildman–Crippen LogP) is 3.07. The van der Waals surface area contributed by atoms with Crippen LogP contribution < -0.4 is 10.6 Å². The maximum Gasteiger partial charge on any atom is 0.191 e. The molecule has 0 aromatic heterocycles. The lowest BCUT2D eigenvalue weighted by atomic mass is 10.0. The van der Waals surface area contributed by atoms with Gasteiger partial charge < -0.3 is 15.7 Å². The molecule has 1 atom stereocenters. The van der Waals surface area contributed by atoms with Crippen molar-refractivity contribution in [3.63, 3.8) is 0 Å². The smallest absolute Gasteiger partial charge is 0.191 e. The molecule has 0 heterocycles. The monoisotopic (exact) mass is 475 g/mol. The number of guanidine groups is 1. The van der Waals surface area contributed by atoms with Gasteiger partial charge in [-0.3, -0.25) is 4.99 Å². The lowest BCUT2D eigenvalue weighted by molar-refractivity contribution is 0.265. The minimum Gasteiger partial charge on any atom is -0.396 e. The number of hydrogen-bond donors (Lipinski definition) is 3. The summed E-state index contributed by atoms with van der Waals surface area (Å²) in [6.07, 6.45) is 0.340. The van der Waals surface area contributed by atoms with Crippen LogP contribution in [-0.2, 0) is 6.42 Å². The number of hydrogen-bond acceptors (Lipinski definition) is 2. The Kier molecular flexibility index (Phi) is 10.1. The van der Waals surface area contributed by atoms with Crippen LogP contribution in [-0.4, -0.2) is 37.8 Å². The van der Waals surface area contributed by atoms with E-state index in [2.05, 4.69) is 15.6 Å². The van der Waals surface area contributed by atoms with Crippen LogP contribution in [0, 0.1) is 11.6 Å². The molecule has 0 fully saturated rings. The van der Waals surface area contributed by atoms with E-state index in [1.54, 1.807) is 7.05 Å². The van der Waals surface area contributed by atoms with Gasteiger partial charge in [0.05, 0.1) is 6.61 Å². The Bertz CT molecular complexity index is 698. The van der Waals surface area contributed by atoms with Gasteiger partial charge in [-0.25, -0.2) is 8.78 Å².